The predicted octanol–water partition coefficient (Wildman–Crippen LogP) is 3.53. The quantitative estimate of drug-likeness (QED) is 0.515. The number of fused-ring (bicyclic) bond motifs is 2. The molecule has 0 unspecified atom stereocenters. The third kappa shape index (κ3) is 2.36. The van der Waals surface area contributed by atoms with Gasteiger partial charge >= 0.3 is 0 Å². The first-order chi connectivity index (χ1) is 12.8. The van der Waals surface area contributed by atoms with Crippen LogP contribution in [0.1, 0.15) is 0 Å². The van der Waals surface area contributed by atoms with Crippen molar-refractivity contribution >= 4 is 21.9 Å². The standard InChI is InChI=1S/C20H13N5O/c26-20-15-9-18(25-19(15)23-11-24-20)13-5-6-21-17(8-13)14-7-12-3-1-2-4-16(12)22-10-14/h1-11H,(H2,23,24,25,26). The number of nitrogens with one attached hydrogen (secondary N) is 2. The Morgan fingerprint density at radius 3 is 2.73 bits per heavy atom. The van der Waals surface area contributed by atoms with Gasteiger partial charge in [-0.25, -0.2) is 4.98 Å². The average Bonchev–Trinajstić information content (AvgIpc) is 3.14. The number of hydrogen-bond acceptors (Lipinski definition) is 4. The van der Waals surface area contributed by atoms with E-state index in [0.29, 0.717) is 11.0 Å². The zero-order chi connectivity index (χ0) is 17.5. The summed E-state index contributed by atoms with van der Waals surface area (Å²) in [6.07, 6.45) is 4.97. The van der Waals surface area contributed by atoms with Crippen molar-refractivity contribution in [1.29, 1.82) is 0 Å². The number of benzene rings is 1. The third-order valence-electron chi connectivity index (χ3n) is 4.39. The summed E-state index contributed by atoms with van der Waals surface area (Å²) in [5.74, 6) is 0. The first-order valence-corrected chi connectivity index (χ1v) is 8.16. The second kappa shape index (κ2) is 5.63. The van der Waals surface area contributed by atoms with Crippen molar-refractivity contribution in [3.8, 4) is 22.5 Å². The minimum atomic E-state index is -0.162. The van der Waals surface area contributed by atoms with Crippen LogP contribution in [0.3, 0.4) is 0 Å². The van der Waals surface area contributed by atoms with Crippen molar-refractivity contribution < 1.29 is 0 Å². The minimum absolute atomic E-state index is 0.162. The Labute approximate surface area is 147 Å². The van der Waals surface area contributed by atoms with Gasteiger partial charge in [0.1, 0.15) is 5.65 Å². The maximum atomic E-state index is 11.9. The molecule has 0 spiro atoms. The molecular formula is C20H13N5O. The number of aromatic nitrogens is 5. The van der Waals surface area contributed by atoms with Crippen molar-refractivity contribution in [3.63, 3.8) is 0 Å². The van der Waals surface area contributed by atoms with Gasteiger partial charge in [-0.1, -0.05) is 18.2 Å². The van der Waals surface area contributed by atoms with Gasteiger partial charge in [0.2, 0.25) is 0 Å². The van der Waals surface area contributed by atoms with Crippen molar-refractivity contribution in [2.75, 3.05) is 0 Å². The first kappa shape index (κ1) is 14.5. The van der Waals surface area contributed by atoms with Crippen molar-refractivity contribution in [3.05, 3.63) is 77.6 Å². The molecule has 0 fully saturated rings. The number of H-pyrrole nitrogens is 2. The lowest BCUT2D eigenvalue weighted by molar-refractivity contribution is 1.16. The summed E-state index contributed by atoms with van der Waals surface area (Å²) in [4.78, 5) is 30.8. The molecule has 6 heteroatoms. The lowest BCUT2D eigenvalue weighted by Gasteiger charge is -2.05. The molecule has 5 aromatic rings. The van der Waals surface area contributed by atoms with Crippen LogP contribution in [0.4, 0.5) is 0 Å². The molecule has 0 atom stereocenters. The van der Waals surface area contributed by atoms with E-state index in [0.717, 1.165) is 33.4 Å². The van der Waals surface area contributed by atoms with Crippen LogP contribution in [0.15, 0.2) is 72.0 Å². The van der Waals surface area contributed by atoms with Gasteiger partial charge in [-0.05, 0) is 30.3 Å². The fraction of sp³-hybridized carbons (Fsp3) is 0. The molecule has 6 nitrogen and oxygen atoms in total. The fourth-order valence-electron chi connectivity index (χ4n) is 3.07. The SMILES string of the molecule is O=c1[nH]cnc2[nH]c(-c3ccnc(-c4cnc5ccccc5c4)c3)cc12. The van der Waals surface area contributed by atoms with Gasteiger partial charge in [0, 0.05) is 34.6 Å². The Morgan fingerprint density at radius 2 is 1.81 bits per heavy atom. The normalized spacial score (nSPS) is 11.2. The second-order valence-electron chi connectivity index (χ2n) is 6.02. The van der Waals surface area contributed by atoms with Gasteiger partial charge in [0.05, 0.1) is 22.9 Å². The molecule has 0 amide bonds. The summed E-state index contributed by atoms with van der Waals surface area (Å²) in [7, 11) is 0. The van der Waals surface area contributed by atoms with E-state index in [-0.39, 0.29) is 5.56 Å². The van der Waals surface area contributed by atoms with Gasteiger partial charge in [-0.2, -0.15) is 0 Å². The number of nitrogens with zero attached hydrogens (tertiary/aromatic N) is 3. The molecule has 4 heterocycles. The molecule has 26 heavy (non-hydrogen) atoms. The number of rotatable bonds is 2. The van der Waals surface area contributed by atoms with Crippen LogP contribution in [-0.4, -0.2) is 24.9 Å². The summed E-state index contributed by atoms with van der Waals surface area (Å²) < 4.78 is 0. The smallest absolute Gasteiger partial charge is 0.260 e. The lowest BCUT2D eigenvalue weighted by atomic mass is 10.1. The molecule has 0 aliphatic heterocycles. The van der Waals surface area contributed by atoms with Crippen LogP contribution >= 0.6 is 0 Å². The van der Waals surface area contributed by atoms with E-state index < -0.39 is 0 Å². The summed E-state index contributed by atoms with van der Waals surface area (Å²) in [5.41, 5.74) is 4.87. The zero-order valence-electron chi connectivity index (χ0n) is 13.6. The van der Waals surface area contributed by atoms with Crippen molar-refractivity contribution in [2.24, 2.45) is 0 Å². The molecule has 1 aromatic carbocycles. The minimum Gasteiger partial charge on any atom is -0.339 e. The highest BCUT2D eigenvalue weighted by atomic mass is 16.1. The Bertz CT molecular complexity index is 1320. The molecule has 0 saturated heterocycles. The van der Waals surface area contributed by atoms with Crippen LogP contribution < -0.4 is 5.56 Å². The highest BCUT2D eigenvalue weighted by molar-refractivity contribution is 5.85. The molecule has 2 N–H and O–H groups in total. The summed E-state index contributed by atoms with van der Waals surface area (Å²) in [6.45, 7) is 0. The molecule has 0 saturated carbocycles. The average molecular weight is 339 g/mol. The number of pyridine rings is 2. The van der Waals surface area contributed by atoms with Crippen LogP contribution in [0, 0.1) is 0 Å². The molecule has 0 aliphatic carbocycles. The molecule has 0 aliphatic rings. The summed E-state index contributed by atoms with van der Waals surface area (Å²) in [5, 5.41) is 1.60. The zero-order valence-corrected chi connectivity index (χ0v) is 13.6. The van der Waals surface area contributed by atoms with Gasteiger partial charge in [-0.15, -0.1) is 0 Å². The van der Waals surface area contributed by atoms with Crippen molar-refractivity contribution in [1.82, 2.24) is 24.9 Å². The largest absolute Gasteiger partial charge is 0.339 e. The first-order valence-electron chi connectivity index (χ1n) is 8.16. The Morgan fingerprint density at radius 1 is 0.885 bits per heavy atom. The Hall–Kier alpha value is -3.80. The van der Waals surface area contributed by atoms with E-state index in [2.05, 4.69) is 31.0 Å². The summed E-state index contributed by atoms with van der Waals surface area (Å²) in [6, 6.07) is 15.7. The Balaban J connectivity index is 1.63. The van der Waals surface area contributed by atoms with E-state index in [4.69, 9.17) is 0 Å². The topological polar surface area (TPSA) is 87.3 Å². The van der Waals surface area contributed by atoms with Crippen LogP contribution in [0.25, 0.3) is 44.5 Å². The van der Waals surface area contributed by atoms with Crippen LogP contribution in [0.5, 0.6) is 0 Å². The van der Waals surface area contributed by atoms with Gasteiger partial charge < -0.3 is 9.97 Å². The van der Waals surface area contributed by atoms with E-state index >= 15 is 0 Å². The molecule has 5 rings (SSSR count). The number of aromatic amines is 2. The van der Waals surface area contributed by atoms with Gasteiger partial charge in [-0.3, -0.25) is 14.8 Å². The van der Waals surface area contributed by atoms with Crippen molar-refractivity contribution in [2.45, 2.75) is 0 Å². The Kier molecular flexibility index (Phi) is 3.15. The second-order valence-corrected chi connectivity index (χ2v) is 6.02. The molecule has 4 aromatic heterocycles. The number of para-hydroxylation sites is 1. The molecule has 0 bridgehead atoms. The highest BCUT2D eigenvalue weighted by Gasteiger charge is 2.09. The molecule has 124 valence electrons. The molecule has 0 radical (unpaired) electrons. The maximum absolute atomic E-state index is 11.9. The van der Waals surface area contributed by atoms with E-state index in [1.165, 1.54) is 6.33 Å². The monoisotopic (exact) mass is 339 g/mol. The predicted molar refractivity (Wildman–Crippen MR) is 101 cm³/mol. The summed E-state index contributed by atoms with van der Waals surface area (Å²) >= 11 is 0. The van der Waals surface area contributed by atoms with Gasteiger partial charge in [0.15, 0.2) is 0 Å². The third-order valence-corrected chi connectivity index (χ3v) is 4.39. The van der Waals surface area contributed by atoms with Crippen LogP contribution in [0.2, 0.25) is 0 Å². The van der Waals surface area contributed by atoms with E-state index in [1.54, 1.807) is 12.3 Å². The highest BCUT2D eigenvalue weighted by Crippen LogP contribution is 2.26. The fourth-order valence-corrected chi connectivity index (χ4v) is 3.07. The maximum Gasteiger partial charge on any atom is 0.260 e. The van der Waals surface area contributed by atoms with Gasteiger partial charge in [0.25, 0.3) is 5.56 Å². The van der Waals surface area contributed by atoms with E-state index in [9.17, 15) is 4.79 Å². The van der Waals surface area contributed by atoms with Crippen LogP contribution in [-0.2, 0) is 0 Å². The lowest BCUT2D eigenvalue weighted by Crippen LogP contribution is -2.04. The number of hydrogen-bond donors (Lipinski definition) is 2. The van der Waals surface area contributed by atoms with E-state index in [1.807, 2.05) is 42.6 Å². The molecular weight excluding hydrogens is 326 g/mol.